The van der Waals surface area contributed by atoms with Gasteiger partial charge in [-0.1, -0.05) is 30.9 Å². The maximum absolute atomic E-state index is 16.9. The highest BCUT2D eigenvalue weighted by molar-refractivity contribution is 6.02. The van der Waals surface area contributed by atoms with E-state index in [1.807, 2.05) is 12.1 Å². The van der Waals surface area contributed by atoms with Crippen molar-refractivity contribution in [3.8, 4) is 35.4 Å². The van der Waals surface area contributed by atoms with Gasteiger partial charge in [0.15, 0.2) is 5.82 Å². The third-order valence-corrected chi connectivity index (χ3v) is 11.5. The fourth-order valence-electron chi connectivity index (χ4n) is 9.62. The van der Waals surface area contributed by atoms with E-state index < -0.39 is 17.5 Å². The minimum Gasteiger partial charge on any atom is -0.508 e. The van der Waals surface area contributed by atoms with Crippen LogP contribution in [-0.2, 0) is 0 Å². The lowest BCUT2D eigenvalue weighted by molar-refractivity contribution is 0.0775. The van der Waals surface area contributed by atoms with Crippen molar-refractivity contribution >= 4 is 27.5 Å². The number of pyridine rings is 1. The van der Waals surface area contributed by atoms with Crippen molar-refractivity contribution in [2.75, 3.05) is 31.1 Å². The van der Waals surface area contributed by atoms with E-state index in [4.69, 9.17) is 21.1 Å². The molecule has 2 aromatic heterocycles. The Morgan fingerprint density at radius 3 is 2.72 bits per heavy atom. The predicted octanol–water partition coefficient (Wildman–Crippen LogP) is 5.74. The van der Waals surface area contributed by atoms with Gasteiger partial charge in [-0.05, 0) is 61.6 Å². The molecule has 4 aromatic rings. The molecule has 0 amide bonds. The molecule has 0 radical (unpaired) electrons. The van der Waals surface area contributed by atoms with E-state index in [2.05, 4.69) is 26.0 Å². The molecule has 4 saturated heterocycles. The van der Waals surface area contributed by atoms with Gasteiger partial charge in [-0.25, -0.2) is 8.78 Å². The molecule has 1 saturated carbocycles. The molecule has 47 heavy (non-hydrogen) atoms. The van der Waals surface area contributed by atoms with Crippen LogP contribution < -0.4 is 15.0 Å². The van der Waals surface area contributed by atoms with E-state index in [9.17, 15) is 9.50 Å². The van der Waals surface area contributed by atoms with Crippen molar-refractivity contribution in [2.24, 2.45) is 5.92 Å². The number of nitrogens with one attached hydrogen (secondary N) is 1. The van der Waals surface area contributed by atoms with Crippen LogP contribution in [0.5, 0.6) is 11.8 Å². The summed E-state index contributed by atoms with van der Waals surface area (Å²) < 4.78 is 38.4. The first-order chi connectivity index (χ1) is 22.9. The fraction of sp³-hybridized carbons (Fsp3) is 0.486. The number of terminal acetylenes is 1. The molecule has 4 aliphatic heterocycles. The molecule has 2 bridgehead atoms. The Bertz CT molecular complexity index is 1940. The van der Waals surface area contributed by atoms with Gasteiger partial charge in [0, 0.05) is 66.9 Å². The number of nitrogens with zero attached hydrogens (tertiary/aromatic N) is 5. The monoisotopic (exact) mass is 636 g/mol. The number of aromatic nitrogens is 3. The molecule has 242 valence electrons. The summed E-state index contributed by atoms with van der Waals surface area (Å²) in [5, 5.41) is 16.1. The Morgan fingerprint density at radius 1 is 1.06 bits per heavy atom. The summed E-state index contributed by atoms with van der Waals surface area (Å²) in [6.45, 7) is 2.18. The van der Waals surface area contributed by atoms with Gasteiger partial charge in [-0.2, -0.15) is 9.97 Å². The summed E-state index contributed by atoms with van der Waals surface area (Å²) in [7, 11) is 0. The number of rotatable bonds is 5. The standard InChI is InChI=1S/C37H38F2N6O2/c1-2-21-7-5-8-22-12-27(46)13-28(31(21)22)33-32(39)34-29(16-40-33)35(44-18-25-10-11-26(19-44)41-25)43-36(42-34)47-20-37-14-23-6-3-4-9-30(23)45(37)17-24(38)15-37/h1,5,7-8,12-13,16,23-26,30,41,46H,3-4,6,9-11,14-15,17-20H2/t23-,24+,25?,26?,30-,37?/m1/s1. The highest BCUT2D eigenvalue weighted by Crippen LogP contribution is 2.51. The number of phenols is 1. The van der Waals surface area contributed by atoms with Gasteiger partial charge < -0.3 is 20.1 Å². The zero-order valence-corrected chi connectivity index (χ0v) is 26.3. The number of hydrogen-bond acceptors (Lipinski definition) is 8. The molecule has 6 heterocycles. The van der Waals surface area contributed by atoms with Crippen LogP contribution in [0, 0.1) is 24.1 Å². The third-order valence-electron chi connectivity index (χ3n) is 11.5. The van der Waals surface area contributed by atoms with E-state index in [0.717, 1.165) is 38.8 Å². The van der Waals surface area contributed by atoms with E-state index in [1.165, 1.54) is 25.3 Å². The zero-order chi connectivity index (χ0) is 31.9. The maximum atomic E-state index is 16.9. The fourth-order valence-corrected chi connectivity index (χ4v) is 9.62. The minimum atomic E-state index is -0.887. The summed E-state index contributed by atoms with van der Waals surface area (Å²) in [6, 6.07) is 9.68. The van der Waals surface area contributed by atoms with E-state index >= 15 is 4.39 Å². The summed E-state index contributed by atoms with van der Waals surface area (Å²) in [4.78, 5) is 18.8. The van der Waals surface area contributed by atoms with Crippen LogP contribution in [-0.4, -0.2) is 81.0 Å². The smallest absolute Gasteiger partial charge is 0.319 e. The van der Waals surface area contributed by atoms with Crippen LogP contribution in [0.15, 0.2) is 36.5 Å². The lowest BCUT2D eigenvalue weighted by Gasteiger charge is -2.36. The van der Waals surface area contributed by atoms with Gasteiger partial charge in [0.05, 0.1) is 10.9 Å². The van der Waals surface area contributed by atoms with Gasteiger partial charge in [0.2, 0.25) is 0 Å². The Morgan fingerprint density at radius 2 is 1.89 bits per heavy atom. The van der Waals surface area contributed by atoms with E-state index in [0.29, 0.717) is 70.1 Å². The molecule has 0 spiro atoms. The lowest BCUT2D eigenvalue weighted by atomic mass is 9.81. The SMILES string of the molecule is C#Cc1cccc2cc(O)cc(-c3ncc4c(N5CC6CCC(C5)N6)nc(OCC56C[C@H](F)CN5[C@@H]5CCCC[C@@H]5C6)nc4c3F)c12. The molecule has 9 rings (SSSR count). The summed E-state index contributed by atoms with van der Waals surface area (Å²) in [5.74, 6) is 3.19. The average molecular weight is 637 g/mol. The molecule has 5 aliphatic rings. The second kappa shape index (κ2) is 11.0. The zero-order valence-electron chi connectivity index (χ0n) is 26.3. The number of ether oxygens (including phenoxy) is 1. The van der Waals surface area contributed by atoms with Crippen LogP contribution in [0.1, 0.15) is 56.9 Å². The average Bonchev–Trinajstić information content (AvgIpc) is 3.69. The number of benzene rings is 2. The van der Waals surface area contributed by atoms with Crippen molar-refractivity contribution < 1.29 is 18.6 Å². The van der Waals surface area contributed by atoms with E-state index in [-0.39, 0.29) is 29.6 Å². The highest BCUT2D eigenvalue weighted by atomic mass is 19.1. The molecule has 2 N–H and O–H groups in total. The molecule has 1 aliphatic carbocycles. The van der Waals surface area contributed by atoms with Gasteiger partial charge in [-0.15, -0.1) is 6.42 Å². The number of fused-ring (bicyclic) bond motifs is 7. The van der Waals surface area contributed by atoms with Crippen LogP contribution in [0.3, 0.4) is 0 Å². The normalized spacial score (nSPS) is 30.1. The Hall–Kier alpha value is -4.07. The Labute approximate surface area is 272 Å². The highest BCUT2D eigenvalue weighted by Gasteiger charge is 2.57. The van der Waals surface area contributed by atoms with Gasteiger partial charge >= 0.3 is 6.01 Å². The molecule has 3 unspecified atom stereocenters. The Balaban J connectivity index is 1.16. The minimum absolute atomic E-state index is 0.0182. The van der Waals surface area contributed by atoms with Crippen molar-refractivity contribution in [1.82, 2.24) is 25.2 Å². The number of piperazine rings is 1. The van der Waals surface area contributed by atoms with Crippen molar-refractivity contribution in [2.45, 2.75) is 81.2 Å². The Kier molecular flexibility index (Phi) is 6.81. The van der Waals surface area contributed by atoms with Gasteiger partial charge in [-0.3, -0.25) is 9.88 Å². The van der Waals surface area contributed by atoms with Crippen molar-refractivity contribution in [1.29, 1.82) is 0 Å². The molecule has 6 atom stereocenters. The summed E-state index contributed by atoms with van der Waals surface area (Å²) in [6.07, 6.45) is 14.8. The van der Waals surface area contributed by atoms with Crippen LogP contribution in [0.25, 0.3) is 32.9 Å². The van der Waals surface area contributed by atoms with Crippen molar-refractivity contribution in [3.63, 3.8) is 0 Å². The number of alkyl halides is 1. The number of phenolic OH excluding ortho intramolecular Hbond substituents is 1. The van der Waals surface area contributed by atoms with Crippen LogP contribution in [0.2, 0.25) is 0 Å². The summed E-state index contributed by atoms with van der Waals surface area (Å²) in [5.41, 5.74) is 0.697. The topological polar surface area (TPSA) is 86.6 Å². The second-order valence-electron chi connectivity index (χ2n) is 14.4. The van der Waals surface area contributed by atoms with Crippen molar-refractivity contribution in [3.05, 3.63) is 47.9 Å². The number of anilines is 1. The second-order valence-corrected chi connectivity index (χ2v) is 14.4. The number of halogens is 2. The predicted molar refractivity (Wildman–Crippen MR) is 177 cm³/mol. The quantitative estimate of drug-likeness (QED) is 0.269. The lowest BCUT2D eigenvalue weighted by Crippen LogP contribution is -2.51. The van der Waals surface area contributed by atoms with Gasteiger partial charge in [0.1, 0.15) is 35.6 Å². The molecule has 5 fully saturated rings. The number of aromatic hydroxyl groups is 1. The third kappa shape index (κ3) is 4.73. The van der Waals surface area contributed by atoms with E-state index in [1.54, 1.807) is 18.3 Å². The first-order valence-corrected chi connectivity index (χ1v) is 17.0. The largest absolute Gasteiger partial charge is 0.508 e. The van der Waals surface area contributed by atoms with Crippen LogP contribution in [0.4, 0.5) is 14.6 Å². The molecular weight excluding hydrogens is 598 g/mol. The first-order valence-electron chi connectivity index (χ1n) is 17.0. The molecule has 8 nitrogen and oxygen atoms in total. The molecule has 10 heteroatoms. The van der Waals surface area contributed by atoms with Crippen LogP contribution >= 0.6 is 0 Å². The van der Waals surface area contributed by atoms with Gasteiger partial charge in [0.25, 0.3) is 0 Å². The molecule has 2 aromatic carbocycles. The summed E-state index contributed by atoms with van der Waals surface area (Å²) >= 11 is 0. The maximum Gasteiger partial charge on any atom is 0.319 e. The first kappa shape index (κ1) is 29.1. The molecular formula is C37H38F2N6O2. The number of hydrogen-bond donors (Lipinski definition) is 2.